The molecule has 4 heteroatoms. The smallest absolute Gasteiger partial charge is 0.185 e. The summed E-state index contributed by atoms with van der Waals surface area (Å²) in [5.41, 5.74) is 8.19. The van der Waals surface area contributed by atoms with Crippen LogP contribution in [0.2, 0.25) is 0 Å². The third-order valence-electron chi connectivity index (χ3n) is 4.38. The zero-order chi connectivity index (χ0) is 12.8. The third kappa shape index (κ3) is 1.70. The number of aryl methyl sites for hydroxylation is 2. The topological polar surface area (TPSA) is 60.2 Å². The van der Waals surface area contributed by atoms with Crippen LogP contribution in [0.1, 0.15) is 36.8 Å². The molecule has 3 rings (SSSR count). The summed E-state index contributed by atoms with van der Waals surface area (Å²) in [6.07, 6.45) is 5.89. The second-order valence-corrected chi connectivity index (χ2v) is 7.87. The van der Waals surface area contributed by atoms with Gasteiger partial charge in [-0.1, -0.05) is 6.07 Å². The molecule has 1 aromatic carbocycles. The van der Waals surface area contributed by atoms with E-state index in [4.69, 9.17) is 5.73 Å². The van der Waals surface area contributed by atoms with Crippen LogP contribution >= 0.6 is 0 Å². The lowest BCUT2D eigenvalue weighted by molar-refractivity contribution is 0.576. The van der Waals surface area contributed by atoms with E-state index in [0.29, 0.717) is 17.7 Å². The van der Waals surface area contributed by atoms with Gasteiger partial charge in [-0.05, 0) is 61.8 Å². The van der Waals surface area contributed by atoms with Gasteiger partial charge in [-0.25, -0.2) is 8.42 Å². The van der Waals surface area contributed by atoms with Crippen LogP contribution in [0.3, 0.4) is 0 Å². The molecule has 0 radical (unpaired) electrons. The van der Waals surface area contributed by atoms with E-state index in [2.05, 4.69) is 0 Å². The maximum absolute atomic E-state index is 12.6. The lowest BCUT2D eigenvalue weighted by Gasteiger charge is -2.19. The highest BCUT2D eigenvalue weighted by Crippen LogP contribution is 2.46. The Balaban J connectivity index is 2.03. The highest BCUT2D eigenvalue weighted by molar-refractivity contribution is 7.93. The van der Waals surface area contributed by atoms with Crippen LogP contribution in [0.4, 0.5) is 0 Å². The predicted molar refractivity (Wildman–Crippen MR) is 71.3 cm³/mol. The van der Waals surface area contributed by atoms with Crippen molar-refractivity contribution in [1.82, 2.24) is 0 Å². The number of benzene rings is 1. The summed E-state index contributed by atoms with van der Waals surface area (Å²) >= 11 is 0. The van der Waals surface area contributed by atoms with E-state index in [-0.39, 0.29) is 6.54 Å². The number of nitrogens with two attached hydrogens (primary N) is 1. The maximum atomic E-state index is 12.6. The lowest BCUT2D eigenvalue weighted by Crippen LogP contribution is -2.32. The quantitative estimate of drug-likeness (QED) is 0.907. The average molecular weight is 265 g/mol. The first-order valence-corrected chi connectivity index (χ1v) is 8.14. The first-order valence-electron chi connectivity index (χ1n) is 6.66. The van der Waals surface area contributed by atoms with Gasteiger partial charge in [0.15, 0.2) is 9.84 Å². The van der Waals surface area contributed by atoms with E-state index in [0.717, 1.165) is 12.8 Å². The summed E-state index contributed by atoms with van der Waals surface area (Å²) in [4.78, 5) is 0.478. The fourth-order valence-corrected chi connectivity index (χ4v) is 4.75. The van der Waals surface area contributed by atoms with Crippen molar-refractivity contribution in [3.63, 3.8) is 0 Å². The molecule has 0 spiro atoms. The molecule has 0 heterocycles. The molecule has 0 aliphatic heterocycles. The normalized spacial score (nSPS) is 21.4. The van der Waals surface area contributed by atoms with Crippen molar-refractivity contribution in [3.8, 4) is 0 Å². The van der Waals surface area contributed by atoms with Crippen LogP contribution in [0.25, 0.3) is 0 Å². The molecule has 2 N–H and O–H groups in total. The summed E-state index contributed by atoms with van der Waals surface area (Å²) in [5, 5.41) is 0. The minimum atomic E-state index is -3.24. The Hall–Kier alpha value is -0.870. The molecule has 1 aromatic rings. The van der Waals surface area contributed by atoms with Crippen molar-refractivity contribution in [2.45, 2.75) is 48.2 Å². The Bertz CT molecular complexity index is 573. The van der Waals surface area contributed by atoms with Gasteiger partial charge < -0.3 is 5.73 Å². The number of sulfone groups is 1. The largest absolute Gasteiger partial charge is 0.329 e. The van der Waals surface area contributed by atoms with Crippen molar-refractivity contribution in [2.75, 3.05) is 6.54 Å². The summed E-state index contributed by atoms with van der Waals surface area (Å²) in [6.45, 7) is 0.242. The summed E-state index contributed by atoms with van der Waals surface area (Å²) in [5.74, 6) is 0. The van der Waals surface area contributed by atoms with E-state index in [1.165, 1.54) is 24.0 Å². The molecule has 98 valence electrons. The molecular formula is C14H19NO2S. The molecule has 0 amide bonds. The van der Waals surface area contributed by atoms with Crippen LogP contribution in [0, 0.1) is 0 Å². The van der Waals surface area contributed by atoms with Gasteiger partial charge in [0.25, 0.3) is 0 Å². The fraction of sp³-hybridized carbons (Fsp3) is 0.571. The number of hydrogen-bond acceptors (Lipinski definition) is 3. The molecule has 1 saturated carbocycles. The standard InChI is InChI=1S/C14H19NO2S/c15-10-14(7-8-14)18(16,17)13-6-5-11-3-1-2-4-12(11)9-13/h5-6,9H,1-4,7-8,10,15H2. The molecule has 0 atom stereocenters. The Morgan fingerprint density at radius 2 is 1.78 bits per heavy atom. The molecule has 0 aromatic heterocycles. The van der Waals surface area contributed by atoms with Gasteiger partial charge in [0.05, 0.1) is 9.64 Å². The molecule has 0 bridgehead atoms. The number of hydrogen-bond donors (Lipinski definition) is 1. The minimum Gasteiger partial charge on any atom is -0.329 e. The molecule has 2 aliphatic rings. The van der Waals surface area contributed by atoms with E-state index in [9.17, 15) is 8.42 Å². The van der Waals surface area contributed by atoms with Crippen molar-refractivity contribution in [3.05, 3.63) is 29.3 Å². The van der Waals surface area contributed by atoms with E-state index in [1.807, 2.05) is 12.1 Å². The third-order valence-corrected chi connectivity index (χ3v) is 6.97. The van der Waals surface area contributed by atoms with Gasteiger partial charge >= 0.3 is 0 Å². The summed E-state index contributed by atoms with van der Waals surface area (Å²) < 4.78 is 24.4. The van der Waals surface area contributed by atoms with E-state index >= 15 is 0 Å². The average Bonchev–Trinajstić information content (AvgIpc) is 3.19. The van der Waals surface area contributed by atoms with Gasteiger partial charge in [-0.15, -0.1) is 0 Å². The first kappa shape index (κ1) is 12.2. The van der Waals surface area contributed by atoms with E-state index < -0.39 is 14.6 Å². The molecule has 0 unspecified atom stereocenters. The lowest BCUT2D eigenvalue weighted by atomic mass is 9.92. The molecular weight excluding hydrogens is 246 g/mol. The van der Waals surface area contributed by atoms with Gasteiger partial charge in [-0.2, -0.15) is 0 Å². The minimum absolute atomic E-state index is 0.242. The van der Waals surface area contributed by atoms with Crippen LogP contribution in [0.5, 0.6) is 0 Å². The van der Waals surface area contributed by atoms with Gasteiger partial charge in [-0.3, -0.25) is 0 Å². The molecule has 2 aliphatic carbocycles. The van der Waals surface area contributed by atoms with Gasteiger partial charge in [0.1, 0.15) is 0 Å². The maximum Gasteiger partial charge on any atom is 0.185 e. The SMILES string of the molecule is NCC1(S(=O)(=O)c2ccc3c(c2)CCCC3)CC1. The van der Waals surface area contributed by atoms with Crippen molar-refractivity contribution < 1.29 is 8.42 Å². The first-order chi connectivity index (χ1) is 8.59. The van der Waals surface area contributed by atoms with Crippen molar-refractivity contribution in [1.29, 1.82) is 0 Å². The second-order valence-electron chi connectivity index (χ2n) is 5.53. The Morgan fingerprint density at radius 3 is 2.39 bits per heavy atom. The Morgan fingerprint density at radius 1 is 1.11 bits per heavy atom. The summed E-state index contributed by atoms with van der Waals surface area (Å²) in [7, 11) is -3.24. The zero-order valence-corrected chi connectivity index (χ0v) is 11.3. The van der Waals surface area contributed by atoms with Crippen LogP contribution < -0.4 is 5.73 Å². The van der Waals surface area contributed by atoms with Crippen LogP contribution in [-0.4, -0.2) is 19.7 Å². The van der Waals surface area contributed by atoms with Crippen molar-refractivity contribution >= 4 is 9.84 Å². The van der Waals surface area contributed by atoms with Crippen LogP contribution in [0.15, 0.2) is 23.1 Å². The Kier molecular flexibility index (Phi) is 2.75. The molecule has 18 heavy (non-hydrogen) atoms. The number of rotatable bonds is 3. The number of fused-ring (bicyclic) bond motifs is 1. The van der Waals surface area contributed by atoms with Gasteiger partial charge in [0.2, 0.25) is 0 Å². The zero-order valence-electron chi connectivity index (χ0n) is 10.5. The van der Waals surface area contributed by atoms with Crippen molar-refractivity contribution in [2.24, 2.45) is 5.73 Å². The molecule has 0 saturated heterocycles. The molecule has 1 fully saturated rings. The predicted octanol–water partition coefficient (Wildman–Crippen LogP) is 1.83. The Labute approximate surface area is 108 Å². The summed E-state index contributed by atoms with van der Waals surface area (Å²) in [6, 6.07) is 5.66. The highest BCUT2D eigenvalue weighted by atomic mass is 32.2. The fourth-order valence-electron chi connectivity index (χ4n) is 2.85. The monoisotopic (exact) mass is 265 g/mol. The second kappa shape index (κ2) is 4.07. The van der Waals surface area contributed by atoms with E-state index in [1.54, 1.807) is 6.07 Å². The molecule has 3 nitrogen and oxygen atoms in total. The highest BCUT2D eigenvalue weighted by Gasteiger charge is 2.53. The van der Waals surface area contributed by atoms with Gasteiger partial charge in [0, 0.05) is 6.54 Å². The van der Waals surface area contributed by atoms with Crippen LogP contribution in [-0.2, 0) is 22.7 Å².